The third-order valence-electron chi connectivity index (χ3n) is 5.95. The van der Waals surface area contributed by atoms with Gasteiger partial charge in [0.15, 0.2) is 0 Å². The van der Waals surface area contributed by atoms with Crippen molar-refractivity contribution in [1.29, 1.82) is 0 Å². The smallest absolute Gasteiger partial charge is 0.243 e. The van der Waals surface area contributed by atoms with Gasteiger partial charge in [0.1, 0.15) is 0 Å². The van der Waals surface area contributed by atoms with Gasteiger partial charge >= 0.3 is 0 Å². The van der Waals surface area contributed by atoms with E-state index >= 15 is 0 Å². The third-order valence-corrected chi connectivity index (χ3v) is 5.95. The molecule has 1 saturated carbocycles. The molecule has 1 aromatic heterocycles. The predicted molar refractivity (Wildman–Crippen MR) is 106 cm³/mol. The van der Waals surface area contributed by atoms with E-state index in [2.05, 4.69) is 6.92 Å². The van der Waals surface area contributed by atoms with Crippen LogP contribution in [0.15, 0.2) is 23.3 Å². The van der Waals surface area contributed by atoms with Crippen LogP contribution in [-0.2, 0) is 4.79 Å². The van der Waals surface area contributed by atoms with E-state index in [1.165, 1.54) is 38.5 Å². The van der Waals surface area contributed by atoms with Crippen molar-refractivity contribution < 1.29 is 4.79 Å². The lowest BCUT2D eigenvalue weighted by molar-refractivity contribution is -0.132. The van der Waals surface area contributed by atoms with E-state index in [4.69, 9.17) is 10.1 Å². The van der Waals surface area contributed by atoms with E-state index < -0.39 is 0 Å². The molecule has 3 rings (SSSR count). The van der Waals surface area contributed by atoms with Gasteiger partial charge in [0.25, 0.3) is 0 Å². The van der Waals surface area contributed by atoms with Crippen LogP contribution in [0.4, 0.5) is 0 Å². The Morgan fingerprint density at radius 3 is 2.69 bits per heavy atom. The fourth-order valence-electron chi connectivity index (χ4n) is 4.42. The van der Waals surface area contributed by atoms with Gasteiger partial charge in [-0.2, -0.15) is 5.10 Å². The number of hydrogen-bond donors (Lipinski definition) is 0. The second kappa shape index (κ2) is 8.79. The maximum Gasteiger partial charge on any atom is 0.243 e. The summed E-state index contributed by atoms with van der Waals surface area (Å²) < 4.78 is 0. The van der Waals surface area contributed by atoms with Crippen molar-refractivity contribution in [2.75, 3.05) is 0 Å². The average molecular weight is 356 g/mol. The van der Waals surface area contributed by atoms with Crippen molar-refractivity contribution in [3.05, 3.63) is 29.6 Å². The number of nitrogens with zero attached hydrogens (tertiary/aromatic N) is 3. The highest BCUT2D eigenvalue weighted by molar-refractivity contribution is 5.99. The molecule has 142 valence electrons. The van der Waals surface area contributed by atoms with Crippen molar-refractivity contribution in [2.24, 2.45) is 5.10 Å². The Balaban J connectivity index is 1.87. The maximum atomic E-state index is 12.7. The molecule has 2 aliphatic rings. The Morgan fingerprint density at radius 2 is 1.96 bits per heavy atom. The van der Waals surface area contributed by atoms with Crippen LogP contribution < -0.4 is 0 Å². The van der Waals surface area contributed by atoms with Crippen LogP contribution >= 0.6 is 0 Å². The molecule has 1 saturated heterocycles. The number of carbonyl (C=O) groups is 1. The van der Waals surface area contributed by atoms with Crippen LogP contribution in [0.2, 0.25) is 0 Å². The van der Waals surface area contributed by atoms with E-state index in [9.17, 15) is 4.79 Å². The topological polar surface area (TPSA) is 45.6 Å². The number of aryl methyl sites for hydroxylation is 1. The number of pyridine rings is 1. The highest BCUT2D eigenvalue weighted by atomic mass is 16.2. The second-order valence-electron chi connectivity index (χ2n) is 8.01. The summed E-state index contributed by atoms with van der Waals surface area (Å²) in [5, 5.41) is 6.86. The molecule has 0 radical (unpaired) electrons. The van der Waals surface area contributed by atoms with Crippen molar-refractivity contribution in [3.63, 3.8) is 0 Å². The number of hydrogen-bond acceptors (Lipinski definition) is 3. The number of carbonyl (C=O) groups excluding carboxylic acids is 1. The zero-order valence-electron chi connectivity index (χ0n) is 16.5. The maximum absolute atomic E-state index is 12.7. The lowest BCUT2D eigenvalue weighted by atomic mass is 9.80. The van der Waals surface area contributed by atoms with Crippen molar-refractivity contribution in [2.45, 2.75) is 96.4 Å². The minimum atomic E-state index is -0.0200. The first-order valence-electron chi connectivity index (χ1n) is 10.5. The van der Waals surface area contributed by atoms with Crippen LogP contribution in [0, 0.1) is 6.92 Å². The molecule has 1 aromatic rings. The second-order valence-corrected chi connectivity index (χ2v) is 8.01. The van der Waals surface area contributed by atoms with Crippen LogP contribution in [0.1, 0.15) is 95.4 Å². The normalized spacial score (nSPS) is 20.2. The molecule has 1 aliphatic heterocycles. The van der Waals surface area contributed by atoms with Crippen LogP contribution in [-0.4, -0.2) is 27.2 Å². The Hall–Kier alpha value is -1.71. The van der Waals surface area contributed by atoms with E-state index in [1.807, 2.05) is 30.1 Å². The van der Waals surface area contributed by atoms with Crippen molar-refractivity contribution in [3.8, 4) is 0 Å². The molecule has 2 fully saturated rings. The molecule has 1 aliphatic carbocycles. The molecule has 1 spiro atoms. The van der Waals surface area contributed by atoms with Crippen LogP contribution in [0.5, 0.6) is 0 Å². The standard InChI is InChI=1S/C22H33N3O/c1-3-4-5-7-12-20(19-13-10-11-18(2)23-19)24-25-21(26)14-17-22(25)15-8-6-9-16-22/h10-11,13H,3-9,12,14-17H2,1-2H3. The number of hydrazone groups is 1. The van der Waals surface area contributed by atoms with E-state index in [0.29, 0.717) is 6.42 Å². The summed E-state index contributed by atoms with van der Waals surface area (Å²) in [6.07, 6.45) is 13.2. The van der Waals surface area contributed by atoms with Gasteiger partial charge in [-0.05, 0) is 51.2 Å². The first-order valence-corrected chi connectivity index (χ1v) is 10.5. The highest BCUT2D eigenvalue weighted by Crippen LogP contribution is 2.42. The molecule has 0 bridgehead atoms. The summed E-state index contributed by atoms with van der Waals surface area (Å²) in [5.41, 5.74) is 2.91. The largest absolute Gasteiger partial charge is 0.273 e. The Labute approximate surface area is 158 Å². The van der Waals surface area contributed by atoms with E-state index in [-0.39, 0.29) is 11.4 Å². The fourth-order valence-corrected chi connectivity index (χ4v) is 4.42. The molecular formula is C22H33N3O. The van der Waals surface area contributed by atoms with Gasteiger partial charge in [-0.25, -0.2) is 5.01 Å². The predicted octanol–water partition coefficient (Wildman–Crippen LogP) is 5.39. The first-order chi connectivity index (χ1) is 12.6. The van der Waals surface area contributed by atoms with E-state index in [1.54, 1.807) is 0 Å². The van der Waals surface area contributed by atoms with Crippen molar-refractivity contribution in [1.82, 2.24) is 9.99 Å². The lowest BCUT2D eigenvalue weighted by Crippen LogP contribution is -2.44. The number of aromatic nitrogens is 1. The quantitative estimate of drug-likeness (QED) is 0.486. The summed E-state index contributed by atoms with van der Waals surface area (Å²) in [6, 6.07) is 6.10. The SMILES string of the molecule is CCCCCCC(=NN1C(=O)CCC12CCCCC2)c1cccc(C)n1. The molecule has 0 aromatic carbocycles. The van der Waals surface area contributed by atoms with Gasteiger partial charge in [-0.3, -0.25) is 9.78 Å². The molecule has 4 heteroatoms. The monoisotopic (exact) mass is 355 g/mol. The minimum Gasteiger partial charge on any atom is -0.273 e. The summed E-state index contributed by atoms with van der Waals surface area (Å²) in [6.45, 7) is 4.24. The van der Waals surface area contributed by atoms with Crippen LogP contribution in [0.25, 0.3) is 0 Å². The van der Waals surface area contributed by atoms with Crippen molar-refractivity contribution >= 4 is 11.6 Å². The summed E-state index contributed by atoms with van der Waals surface area (Å²) in [7, 11) is 0. The van der Waals surface area contributed by atoms with Gasteiger partial charge in [-0.15, -0.1) is 0 Å². The number of unbranched alkanes of at least 4 members (excludes halogenated alkanes) is 3. The van der Waals surface area contributed by atoms with Gasteiger partial charge in [-0.1, -0.05) is 51.5 Å². The molecule has 1 amide bonds. The van der Waals surface area contributed by atoms with E-state index in [0.717, 1.165) is 49.2 Å². The molecule has 0 N–H and O–H groups in total. The molecule has 2 heterocycles. The summed E-state index contributed by atoms with van der Waals surface area (Å²) >= 11 is 0. The third kappa shape index (κ3) is 4.33. The zero-order chi connectivity index (χ0) is 18.4. The van der Waals surface area contributed by atoms with Gasteiger partial charge in [0, 0.05) is 12.1 Å². The summed E-state index contributed by atoms with van der Waals surface area (Å²) in [5.74, 6) is 0.200. The summed E-state index contributed by atoms with van der Waals surface area (Å²) in [4.78, 5) is 17.4. The Kier molecular flexibility index (Phi) is 6.44. The molecule has 26 heavy (non-hydrogen) atoms. The number of amides is 1. The molecule has 4 nitrogen and oxygen atoms in total. The molecule has 0 unspecified atom stereocenters. The zero-order valence-corrected chi connectivity index (χ0v) is 16.5. The molecular weight excluding hydrogens is 322 g/mol. The Morgan fingerprint density at radius 1 is 1.15 bits per heavy atom. The first kappa shape index (κ1) is 19.1. The van der Waals surface area contributed by atoms with Gasteiger partial charge < -0.3 is 0 Å². The van der Waals surface area contributed by atoms with Gasteiger partial charge in [0.05, 0.1) is 16.9 Å². The Bertz CT molecular complexity index is 647. The average Bonchev–Trinajstić information content (AvgIpc) is 2.94. The highest BCUT2D eigenvalue weighted by Gasteiger charge is 2.46. The number of rotatable bonds is 7. The molecule has 0 atom stereocenters. The fraction of sp³-hybridized carbons (Fsp3) is 0.682. The minimum absolute atomic E-state index is 0.0200. The lowest BCUT2D eigenvalue weighted by Gasteiger charge is -2.38. The van der Waals surface area contributed by atoms with Crippen LogP contribution in [0.3, 0.4) is 0 Å². The van der Waals surface area contributed by atoms with Gasteiger partial charge in [0.2, 0.25) is 5.91 Å².